The van der Waals surface area contributed by atoms with E-state index in [2.05, 4.69) is 30.6 Å². The Morgan fingerprint density at radius 2 is 1.86 bits per heavy atom. The van der Waals surface area contributed by atoms with Crippen molar-refractivity contribution in [1.82, 2.24) is 24.5 Å². The minimum Gasteiger partial charge on any atom is -0.481 e. The molecule has 0 saturated carbocycles. The monoisotopic (exact) mass is 587 g/mol. The Hall–Kier alpha value is -5.59. The zero-order chi connectivity index (χ0) is 30.6. The molecule has 43 heavy (non-hydrogen) atoms. The number of aryl methyl sites for hydroxylation is 2. The van der Waals surface area contributed by atoms with Gasteiger partial charge in [-0.1, -0.05) is 6.07 Å². The number of carbonyl (C=O) groups excluding carboxylic acids is 1. The molecule has 0 aliphatic carbocycles. The van der Waals surface area contributed by atoms with Crippen molar-refractivity contribution in [3.63, 3.8) is 0 Å². The Labute approximate surface area is 243 Å². The first-order valence-electron chi connectivity index (χ1n) is 12.9. The molecule has 0 saturated heterocycles. The SMILES string of the molecule is Cc1ccc(C(=O)Nc2cc(-n3cnc(CCC(=O)O)c3)cc(C(F)(F)F)c2)cc1Nc1nccc(-c2cccnc2)n1. The number of alkyl halides is 3. The highest BCUT2D eigenvalue weighted by atomic mass is 19.4. The van der Waals surface area contributed by atoms with Gasteiger partial charge in [-0.2, -0.15) is 13.2 Å². The molecule has 5 aromatic rings. The number of amides is 1. The molecule has 0 spiro atoms. The summed E-state index contributed by atoms with van der Waals surface area (Å²) in [5.41, 5.74) is 2.39. The van der Waals surface area contributed by atoms with Crippen LogP contribution in [0.4, 0.5) is 30.5 Å². The van der Waals surface area contributed by atoms with Gasteiger partial charge in [-0.15, -0.1) is 0 Å². The summed E-state index contributed by atoms with van der Waals surface area (Å²) in [5, 5.41) is 14.5. The molecule has 3 aromatic heterocycles. The highest BCUT2D eigenvalue weighted by Crippen LogP contribution is 2.33. The van der Waals surface area contributed by atoms with Crippen molar-refractivity contribution in [2.75, 3.05) is 10.6 Å². The van der Waals surface area contributed by atoms with E-state index >= 15 is 0 Å². The first kappa shape index (κ1) is 28.9. The molecule has 0 unspecified atom stereocenters. The second-order valence-electron chi connectivity index (χ2n) is 9.55. The normalized spacial score (nSPS) is 11.3. The number of anilines is 3. The molecule has 0 radical (unpaired) electrons. The summed E-state index contributed by atoms with van der Waals surface area (Å²) in [5.74, 6) is -1.36. The number of rotatable bonds is 9. The van der Waals surface area contributed by atoms with Gasteiger partial charge >= 0.3 is 12.1 Å². The van der Waals surface area contributed by atoms with Crippen molar-refractivity contribution in [3.05, 3.63) is 108 Å². The fourth-order valence-corrected chi connectivity index (χ4v) is 4.18. The van der Waals surface area contributed by atoms with Crippen LogP contribution in [-0.2, 0) is 17.4 Å². The van der Waals surface area contributed by atoms with Crippen LogP contribution in [-0.4, -0.2) is 41.5 Å². The molecule has 10 nitrogen and oxygen atoms in total. The van der Waals surface area contributed by atoms with E-state index in [4.69, 9.17) is 5.11 Å². The van der Waals surface area contributed by atoms with Gasteiger partial charge in [-0.05, 0) is 61.0 Å². The molecule has 5 rings (SSSR count). The van der Waals surface area contributed by atoms with E-state index in [0.717, 1.165) is 23.3 Å². The molecule has 3 N–H and O–H groups in total. The van der Waals surface area contributed by atoms with Crippen molar-refractivity contribution in [1.29, 1.82) is 0 Å². The third-order valence-corrected chi connectivity index (χ3v) is 6.39. The molecule has 13 heteroatoms. The number of imidazole rings is 1. The predicted molar refractivity (Wildman–Crippen MR) is 152 cm³/mol. The molecular weight excluding hydrogens is 563 g/mol. The number of halogens is 3. The van der Waals surface area contributed by atoms with Gasteiger partial charge in [-0.3, -0.25) is 14.6 Å². The van der Waals surface area contributed by atoms with Crippen LogP contribution < -0.4 is 10.6 Å². The van der Waals surface area contributed by atoms with Crippen molar-refractivity contribution in [3.8, 4) is 16.9 Å². The average Bonchev–Trinajstić information content (AvgIpc) is 3.46. The molecule has 0 aliphatic heterocycles. The minimum absolute atomic E-state index is 0.0850. The molecule has 0 bridgehead atoms. The van der Waals surface area contributed by atoms with Crippen LogP contribution in [0.25, 0.3) is 16.9 Å². The maximum Gasteiger partial charge on any atom is 0.416 e. The van der Waals surface area contributed by atoms with Gasteiger partial charge in [0.15, 0.2) is 0 Å². The first-order valence-corrected chi connectivity index (χ1v) is 12.9. The number of hydrogen-bond donors (Lipinski definition) is 3. The summed E-state index contributed by atoms with van der Waals surface area (Å²) in [6.45, 7) is 1.82. The van der Waals surface area contributed by atoms with E-state index in [-0.39, 0.29) is 35.7 Å². The van der Waals surface area contributed by atoms with Crippen LogP contribution in [0.1, 0.15) is 33.6 Å². The Balaban J connectivity index is 1.39. The summed E-state index contributed by atoms with van der Waals surface area (Å²) in [6, 6.07) is 13.3. The van der Waals surface area contributed by atoms with E-state index < -0.39 is 23.6 Å². The second kappa shape index (κ2) is 12.1. The van der Waals surface area contributed by atoms with Crippen molar-refractivity contribution < 1.29 is 27.9 Å². The van der Waals surface area contributed by atoms with Crippen LogP contribution in [0.2, 0.25) is 0 Å². The van der Waals surface area contributed by atoms with Gasteiger partial charge in [-0.25, -0.2) is 15.0 Å². The largest absolute Gasteiger partial charge is 0.481 e. The number of benzene rings is 2. The topological polar surface area (TPSA) is 135 Å². The van der Waals surface area contributed by atoms with E-state index in [9.17, 15) is 22.8 Å². The fourth-order valence-electron chi connectivity index (χ4n) is 4.18. The van der Waals surface area contributed by atoms with Crippen LogP contribution >= 0.6 is 0 Å². The van der Waals surface area contributed by atoms with Crippen molar-refractivity contribution in [2.24, 2.45) is 0 Å². The third kappa shape index (κ3) is 7.19. The van der Waals surface area contributed by atoms with Gasteiger partial charge in [0, 0.05) is 59.4 Å². The van der Waals surface area contributed by atoms with Gasteiger partial charge in [0.2, 0.25) is 5.95 Å². The van der Waals surface area contributed by atoms with Crippen molar-refractivity contribution >= 4 is 29.2 Å². The number of carbonyl (C=O) groups is 2. The molecular formula is C30H24F3N7O3. The smallest absolute Gasteiger partial charge is 0.416 e. The molecule has 0 atom stereocenters. The maximum absolute atomic E-state index is 13.8. The number of aliphatic carboxylic acids is 1. The first-order chi connectivity index (χ1) is 20.5. The Kier molecular flexibility index (Phi) is 8.14. The van der Waals surface area contributed by atoms with Crippen LogP contribution in [0.15, 0.2) is 85.7 Å². The van der Waals surface area contributed by atoms with Crippen LogP contribution in [0, 0.1) is 6.92 Å². The lowest BCUT2D eigenvalue weighted by Crippen LogP contribution is -2.14. The van der Waals surface area contributed by atoms with Gasteiger partial charge < -0.3 is 20.3 Å². The highest BCUT2D eigenvalue weighted by Gasteiger charge is 2.31. The number of aromatic nitrogens is 5. The molecule has 218 valence electrons. The van der Waals surface area contributed by atoms with Gasteiger partial charge in [0.1, 0.15) is 0 Å². The Morgan fingerprint density at radius 3 is 2.60 bits per heavy atom. The quantitative estimate of drug-likeness (QED) is 0.189. The second-order valence-corrected chi connectivity index (χ2v) is 9.55. The van der Waals surface area contributed by atoms with E-state index in [1.807, 2.05) is 13.0 Å². The number of nitrogens with zero attached hydrogens (tertiary/aromatic N) is 5. The lowest BCUT2D eigenvalue weighted by molar-refractivity contribution is -0.138. The summed E-state index contributed by atoms with van der Waals surface area (Å²) in [4.78, 5) is 41.0. The molecule has 0 fully saturated rings. The summed E-state index contributed by atoms with van der Waals surface area (Å²) >= 11 is 0. The molecule has 3 heterocycles. The summed E-state index contributed by atoms with van der Waals surface area (Å²) in [7, 11) is 0. The Bertz CT molecular complexity index is 1790. The number of hydrogen-bond acceptors (Lipinski definition) is 7. The van der Waals surface area contributed by atoms with Crippen LogP contribution in [0.5, 0.6) is 0 Å². The van der Waals surface area contributed by atoms with Gasteiger partial charge in [0.25, 0.3) is 5.91 Å². The number of carboxylic acid groups (broad SMARTS) is 1. The summed E-state index contributed by atoms with van der Waals surface area (Å²) in [6.07, 6.45) is 2.92. The molecule has 2 aromatic carbocycles. The summed E-state index contributed by atoms with van der Waals surface area (Å²) < 4.78 is 42.6. The fraction of sp³-hybridized carbons (Fsp3) is 0.133. The number of nitrogens with one attached hydrogen (secondary N) is 2. The van der Waals surface area contributed by atoms with E-state index in [1.54, 1.807) is 48.9 Å². The van der Waals surface area contributed by atoms with Gasteiger partial charge in [0.05, 0.1) is 29.7 Å². The zero-order valence-corrected chi connectivity index (χ0v) is 22.6. The lowest BCUT2D eigenvalue weighted by Gasteiger charge is -2.14. The Morgan fingerprint density at radius 1 is 1.02 bits per heavy atom. The lowest BCUT2D eigenvalue weighted by atomic mass is 10.1. The standard InChI is InChI=1S/C30H24F3N7O3/c1-18-4-5-19(11-26(18)39-29-35-10-8-25(38-29)20-3-2-9-34-15-20)28(43)37-23-12-21(30(31,32)33)13-24(14-23)40-16-22(36-17-40)6-7-27(41)42/h2-5,8-17H,6-7H2,1H3,(H,37,43)(H,41,42)(H,35,38,39). The molecule has 0 aliphatic rings. The maximum atomic E-state index is 13.8. The van der Waals surface area contributed by atoms with E-state index in [0.29, 0.717) is 17.1 Å². The molecule has 1 amide bonds. The van der Waals surface area contributed by atoms with Crippen LogP contribution in [0.3, 0.4) is 0 Å². The predicted octanol–water partition coefficient (Wildman–Crippen LogP) is 6.06. The highest BCUT2D eigenvalue weighted by molar-refractivity contribution is 6.05. The van der Waals surface area contributed by atoms with E-state index in [1.165, 1.54) is 23.2 Å². The average molecular weight is 588 g/mol. The third-order valence-electron chi connectivity index (χ3n) is 6.39. The number of pyridine rings is 1. The zero-order valence-electron chi connectivity index (χ0n) is 22.6. The number of carboxylic acids is 1. The van der Waals surface area contributed by atoms with Crippen molar-refractivity contribution in [2.45, 2.75) is 25.9 Å². The minimum atomic E-state index is -4.69.